The van der Waals surface area contributed by atoms with Crippen molar-refractivity contribution in [2.45, 2.75) is 25.0 Å². The van der Waals surface area contributed by atoms with E-state index in [0.29, 0.717) is 18.6 Å². The fourth-order valence-corrected chi connectivity index (χ4v) is 3.24. The maximum atomic E-state index is 11.8. The number of rotatable bonds is 9. The molecule has 2 N–H and O–H groups in total. The molecule has 2 aromatic carbocycles. The highest BCUT2D eigenvalue weighted by Gasteiger charge is 2.18. The van der Waals surface area contributed by atoms with Gasteiger partial charge in [0.1, 0.15) is 5.75 Å². The largest absolute Gasteiger partial charge is 0.493 e. The Labute approximate surface area is 179 Å². The monoisotopic (exact) mass is 437 g/mol. The fraction of sp³-hybridized carbons (Fsp3) is 0.286. The van der Waals surface area contributed by atoms with Gasteiger partial charge in [-0.3, -0.25) is 14.4 Å². The van der Waals surface area contributed by atoms with Crippen LogP contribution in [-0.4, -0.2) is 41.5 Å². The summed E-state index contributed by atoms with van der Waals surface area (Å²) < 4.78 is 5.74. The zero-order chi connectivity index (χ0) is 21.6. The molecule has 29 heavy (non-hydrogen) atoms. The summed E-state index contributed by atoms with van der Waals surface area (Å²) >= 11 is 7.11. The second-order valence-corrected chi connectivity index (χ2v) is 7.33. The van der Waals surface area contributed by atoms with Crippen molar-refractivity contribution in [1.29, 1.82) is 0 Å². The molecule has 0 radical (unpaired) electrons. The molecule has 0 fully saturated rings. The van der Waals surface area contributed by atoms with Gasteiger partial charge in [0, 0.05) is 25.4 Å². The molecule has 156 valence electrons. The highest BCUT2D eigenvalue weighted by atomic mass is 35.5. The van der Waals surface area contributed by atoms with Crippen molar-refractivity contribution in [3.8, 4) is 5.75 Å². The Balaban J connectivity index is 0.000000960. The number of aliphatic carboxylic acids is 1. The van der Waals surface area contributed by atoms with Gasteiger partial charge in [0.2, 0.25) is 5.91 Å². The van der Waals surface area contributed by atoms with E-state index in [-0.39, 0.29) is 5.91 Å². The van der Waals surface area contributed by atoms with Gasteiger partial charge < -0.3 is 15.2 Å². The topological polar surface area (TPSA) is 92.7 Å². The minimum absolute atomic E-state index is 0.155. The number of amides is 1. The van der Waals surface area contributed by atoms with Crippen LogP contribution in [0.2, 0.25) is 5.02 Å². The van der Waals surface area contributed by atoms with E-state index in [1.807, 2.05) is 48.5 Å². The maximum Gasteiger partial charge on any atom is 0.300 e. The lowest BCUT2D eigenvalue weighted by Gasteiger charge is -2.12. The van der Waals surface area contributed by atoms with E-state index in [9.17, 15) is 9.59 Å². The molecule has 0 saturated heterocycles. The van der Waals surface area contributed by atoms with Crippen molar-refractivity contribution in [1.82, 2.24) is 5.32 Å². The van der Waals surface area contributed by atoms with Gasteiger partial charge >= 0.3 is 0 Å². The van der Waals surface area contributed by atoms with Gasteiger partial charge in [-0.05, 0) is 35.7 Å². The van der Waals surface area contributed by atoms with Crippen LogP contribution < -0.4 is 10.1 Å². The number of ether oxygens (including phenoxy) is 1. The van der Waals surface area contributed by atoms with Crippen LogP contribution >= 0.6 is 23.4 Å². The number of carboxylic acid groups (broad SMARTS) is 1. The van der Waals surface area contributed by atoms with E-state index >= 15 is 0 Å². The minimum Gasteiger partial charge on any atom is -0.493 e. The third-order valence-electron chi connectivity index (χ3n) is 3.70. The van der Waals surface area contributed by atoms with Crippen molar-refractivity contribution < 1.29 is 24.2 Å². The van der Waals surface area contributed by atoms with Gasteiger partial charge in [0.25, 0.3) is 5.97 Å². The Morgan fingerprint density at radius 2 is 1.83 bits per heavy atom. The Hall–Kier alpha value is -2.51. The predicted octanol–water partition coefficient (Wildman–Crippen LogP) is 3.63. The van der Waals surface area contributed by atoms with Crippen molar-refractivity contribution in [2.24, 2.45) is 0 Å². The summed E-state index contributed by atoms with van der Waals surface area (Å²) in [4.78, 5) is 31.4. The second-order valence-electron chi connectivity index (χ2n) is 5.89. The Bertz CT molecular complexity index is 794. The van der Waals surface area contributed by atoms with Crippen LogP contribution in [0.3, 0.4) is 0 Å². The molecule has 0 spiro atoms. The lowest BCUT2D eigenvalue weighted by Crippen LogP contribution is -2.31. The molecule has 0 saturated carbocycles. The summed E-state index contributed by atoms with van der Waals surface area (Å²) in [5.41, 5.74) is 2.73. The molecule has 0 aliphatic carbocycles. The first-order chi connectivity index (χ1) is 13.9. The summed E-state index contributed by atoms with van der Waals surface area (Å²) in [5, 5.41) is 10.3. The van der Waals surface area contributed by atoms with E-state index in [0.717, 1.165) is 47.0 Å². The average Bonchev–Trinajstić information content (AvgIpc) is 2.69. The first kappa shape index (κ1) is 24.5. The lowest BCUT2D eigenvalue weighted by molar-refractivity contribution is -0.134. The number of thioether (sulfide) groups is 1. The Morgan fingerprint density at radius 3 is 2.38 bits per heavy atom. The van der Waals surface area contributed by atoms with Crippen LogP contribution in [0, 0.1) is 0 Å². The maximum absolute atomic E-state index is 11.8. The number of carbonyl (C=O) groups excluding carboxylic acids is 2. The van der Waals surface area contributed by atoms with E-state index in [1.54, 1.807) is 7.05 Å². The van der Waals surface area contributed by atoms with Crippen molar-refractivity contribution in [3.05, 3.63) is 64.7 Å². The summed E-state index contributed by atoms with van der Waals surface area (Å²) in [6, 6.07) is 15.3. The molecular weight excluding hydrogens is 414 g/mol. The van der Waals surface area contributed by atoms with Crippen molar-refractivity contribution in [2.75, 3.05) is 13.7 Å². The average molecular weight is 438 g/mol. The van der Waals surface area contributed by atoms with Crippen LogP contribution in [0.1, 0.15) is 18.1 Å². The van der Waals surface area contributed by atoms with Crippen LogP contribution in [0.5, 0.6) is 5.75 Å². The summed E-state index contributed by atoms with van der Waals surface area (Å²) in [5.74, 6) is -0.229. The number of halogens is 1. The fourth-order valence-electron chi connectivity index (χ4n) is 2.35. The van der Waals surface area contributed by atoms with Gasteiger partial charge in [-0.1, -0.05) is 53.7 Å². The van der Waals surface area contributed by atoms with Gasteiger partial charge in [0.05, 0.1) is 11.9 Å². The molecule has 2 rings (SSSR count). The molecular formula is C21H24ClNO5S. The first-order valence-corrected chi connectivity index (χ1v) is 10.1. The van der Waals surface area contributed by atoms with Crippen molar-refractivity contribution >= 4 is 40.9 Å². The van der Waals surface area contributed by atoms with Crippen LogP contribution in [0.15, 0.2) is 48.5 Å². The predicted molar refractivity (Wildman–Crippen MR) is 116 cm³/mol. The zero-order valence-electron chi connectivity index (χ0n) is 16.3. The molecule has 1 atom stereocenters. The van der Waals surface area contributed by atoms with Crippen LogP contribution in [0.25, 0.3) is 0 Å². The van der Waals surface area contributed by atoms with E-state index in [1.165, 1.54) is 0 Å². The van der Waals surface area contributed by atoms with E-state index in [4.69, 9.17) is 26.2 Å². The Morgan fingerprint density at radius 1 is 1.21 bits per heavy atom. The van der Waals surface area contributed by atoms with E-state index in [2.05, 4.69) is 5.32 Å². The highest BCUT2D eigenvalue weighted by molar-refractivity contribution is 8.13. The van der Waals surface area contributed by atoms with Crippen LogP contribution in [0.4, 0.5) is 0 Å². The molecule has 8 heteroatoms. The summed E-state index contributed by atoms with van der Waals surface area (Å²) in [7, 11) is 1.57. The van der Waals surface area contributed by atoms with Gasteiger partial charge in [0.15, 0.2) is 5.62 Å². The molecule has 1 unspecified atom stereocenters. The summed E-state index contributed by atoms with van der Waals surface area (Å²) in [6.45, 7) is 1.62. The SMILES string of the molecule is CC(=O)O.CNC(=O)C(Cc1ccc(OCCc2ccccc2Cl)cc1)SC=O. The van der Waals surface area contributed by atoms with Crippen LogP contribution in [-0.2, 0) is 27.2 Å². The second kappa shape index (κ2) is 13.6. The number of hydrogen-bond acceptors (Lipinski definition) is 5. The third kappa shape index (κ3) is 10.0. The van der Waals surface area contributed by atoms with E-state index < -0.39 is 11.2 Å². The zero-order valence-corrected chi connectivity index (χ0v) is 17.8. The molecule has 1 amide bonds. The van der Waals surface area contributed by atoms with Crippen molar-refractivity contribution in [3.63, 3.8) is 0 Å². The third-order valence-corrected chi connectivity index (χ3v) is 4.89. The van der Waals surface area contributed by atoms with Gasteiger partial charge in [-0.2, -0.15) is 0 Å². The first-order valence-electron chi connectivity index (χ1n) is 8.82. The molecule has 0 aromatic heterocycles. The smallest absolute Gasteiger partial charge is 0.300 e. The number of benzene rings is 2. The number of carbonyl (C=O) groups is 3. The number of carboxylic acids is 1. The lowest BCUT2D eigenvalue weighted by atomic mass is 10.1. The molecule has 6 nitrogen and oxygen atoms in total. The van der Waals surface area contributed by atoms with Gasteiger partial charge in [-0.15, -0.1) is 0 Å². The quantitative estimate of drug-likeness (QED) is 0.582. The number of nitrogens with one attached hydrogen (secondary N) is 1. The Kier molecular flexibility index (Phi) is 11.5. The highest BCUT2D eigenvalue weighted by Crippen LogP contribution is 2.19. The number of hydrogen-bond donors (Lipinski definition) is 2. The molecule has 0 aliphatic rings. The molecule has 0 aliphatic heterocycles. The molecule has 0 heterocycles. The van der Waals surface area contributed by atoms with Gasteiger partial charge in [-0.25, -0.2) is 0 Å². The minimum atomic E-state index is -0.833. The summed E-state index contributed by atoms with van der Waals surface area (Å²) in [6.07, 6.45) is 1.22. The molecule has 0 bridgehead atoms. The normalized spacial score (nSPS) is 10.9. The standard InChI is InChI=1S/C19H20ClNO3S.C2H4O2/c1-21-19(23)18(25-13-22)12-14-6-8-16(9-7-14)24-11-10-15-4-2-3-5-17(15)20;1-2(3)4/h2-9,13,18H,10-12H2,1H3,(H,21,23);1H3,(H,3,4). The molecule has 2 aromatic rings.